The molecule has 0 radical (unpaired) electrons. The first-order valence-corrected chi connectivity index (χ1v) is 23.2. The molecule has 0 bridgehead atoms. The van der Waals surface area contributed by atoms with Gasteiger partial charge in [-0.2, -0.15) is 4.31 Å². The number of nitrogens with two attached hydrogens (primary N) is 1. The van der Waals surface area contributed by atoms with E-state index in [4.69, 9.17) is 19.5 Å². The molecule has 1 fully saturated rings. The molecule has 25 nitrogen and oxygen atoms in total. The van der Waals surface area contributed by atoms with Crippen molar-refractivity contribution in [3.05, 3.63) is 42.5 Å². The predicted molar refractivity (Wildman–Crippen MR) is 208 cm³/mol. The Morgan fingerprint density at radius 1 is 1.03 bits per heavy atom. The zero-order valence-electron chi connectivity index (χ0n) is 32.1. The largest absolute Gasteiger partial charge is 0.508 e. The highest BCUT2D eigenvalue weighted by Gasteiger charge is 2.50. The van der Waals surface area contributed by atoms with Crippen LogP contribution in [0.15, 0.2) is 36.9 Å². The molecule has 11 N–H and O–H groups in total. The van der Waals surface area contributed by atoms with E-state index < -0.39 is 84.6 Å². The molecule has 60 heavy (non-hydrogen) atoms. The number of hydrogen-bond acceptors (Lipinski definition) is 19. The minimum absolute atomic E-state index is 0.0251. The zero-order valence-corrected chi connectivity index (χ0v) is 35.6. The van der Waals surface area contributed by atoms with Gasteiger partial charge < -0.3 is 56.0 Å². The Balaban J connectivity index is 1.20. The number of carbonyl (C=O) groups is 3. The van der Waals surface area contributed by atoms with Gasteiger partial charge in [0.25, 0.3) is 0 Å². The normalized spacial score (nSPS) is 21.5. The number of aromatic nitrogens is 4. The number of nitrogens with zero attached hydrogens (tertiary/aromatic N) is 4. The number of thioether (sulfide) groups is 1. The van der Waals surface area contributed by atoms with E-state index >= 15 is 0 Å². The summed E-state index contributed by atoms with van der Waals surface area (Å²) in [4.78, 5) is 88.3. The van der Waals surface area contributed by atoms with Gasteiger partial charge in [0, 0.05) is 36.6 Å². The predicted octanol–water partition coefficient (Wildman–Crippen LogP) is 0.249. The maximum absolute atomic E-state index is 12.7. The summed E-state index contributed by atoms with van der Waals surface area (Å²) >= 11 is 1.02. The third kappa shape index (κ3) is 14.1. The Hall–Kier alpha value is -3.42. The van der Waals surface area contributed by atoms with Crippen molar-refractivity contribution in [2.45, 2.75) is 64.3 Å². The lowest BCUT2D eigenvalue weighted by atomic mass is 9.87. The number of aliphatic hydroxyl groups is 2. The first-order valence-electron chi connectivity index (χ1n) is 17.7. The molecule has 1 aliphatic heterocycles. The van der Waals surface area contributed by atoms with Crippen LogP contribution in [0.3, 0.4) is 0 Å². The molecule has 3 aromatic rings. The van der Waals surface area contributed by atoms with Gasteiger partial charge in [-0.25, -0.2) is 28.6 Å². The fourth-order valence-electron chi connectivity index (χ4n) is 5.52. The minimum Gasteiger partial charge on any atom is -0.508 e. The number of ether oxygens (including phenoxy) is 1. The molecule has 2 amide bonds. The standard InChI is InChI=1S/C31H46N7O18P3S/c1-17(12-18-6-4-5-7-19(18)39)30(44)60-11-10-33-21(40)8-9-34-28(43)25(42)31(2,3)14-53-59(50,51)56-58(48,49)52-13-20-24(55-57(45,46)47)23(41)29(54-20)38-16-37-22-26(32)35-15-36-27(22)38/h4-7,15-17,20,23-25,29,39,41-42H,8-14H2,1-3H3,(H,33,40)(H,34,43)(H,48,49)(H,50,51)(H2,32,35,36)(H2,45,46,47). The highest BCUT2D eigenvalue weighted by molar-refractivity contribution is 8.13. The van der Waals surface area contributed by atoms with Gasteiger partial charge >= 0.3 is 23.5 Å². The van der Waals surface area contributed by atoms with E-state index in [1.807, 2.05) is 0 Å². The van der Waals surface area contributed by atoms with Gasteiger partial charge in [0.05, 0.1) is 19.5 Å². The number of anilines is 1. The van der Waals surface area contributed by atoms with Crippen LogP contribution in [-0.4, -0.2) is 128 Å². The molecule has 0 saturated carbocycles. The Labute approximate surface area is 345 Å². The molecule has 3 heterocycles. The van der Waals surface area contributed by atoms with Crippen molar-refractivity contribution < 1.29 is 85.6 Å². The summed E-state index contributed by atoms with van der Waals surface area (Å²) in [5.74, 6) is -1.51. The van der Waals surface area contributed by atoms with Crippen molar-refractivity contribution >= 4 is 69.1 Å². The van der Waals surface area contributed by atoms with Gasteiger partial charge in [-0.1, -0.05) is 50.7 Å². The molecule has 0 aliphatic carbocycles. The molecule has 2 aromatic heterocycles. The first-order chi connectivity index (χ1) is 27.9. The van der Waals surface area contributed by atoms with Crippen LogP contribution in [0.5, 0.6) is 5.75 Å². The fourth-order valence-corrected chi connectivity index (χ4v) is 9.12. The van der Waals surface area contributed by atoms with Crippen LogP contribution in [0, 0.1) is 11.3 Å². The smallest absolute Gasteiger partial charge is 0.481 e. The summed E-state index contributed by atoms with van der Waals surface area (Å²) in [7, 11) is -16.4. The number of para-hydroxylation sites is 1. The van der Waals surface area contributed by atoms with Crippen molar-refractivity contribution in [1.29, 1.82) is 0 Å². The second kappa shape index (κ2) is 20.6. The van der Waals surface area contributed by atoms with E-state index in [0.29, 0.717) is 12.0 Å². The Bertz CT molecular complexity index is 2140. The van der Waals surface area contributed by atoms with Crippen LogP contribution in [0.2, 0.25) is 0 Å². The highest BCUT2D eigenvalue weighted by atomic mass is 32.2. The third-order valence-corrected chi connectivity index (χ3v) is 12.9. The van der Waals surface area contributed by atoms with Crippen LogP contribution in [-0.2, 0) is 57.1 Å². The van der Waals surface area contributed by atoms with Crippen molar-refractivity contribution in [2.75, 3.05) is 37.8 Å². The van der Waals surface area contributed by atoms with E-state index in [2.05, 4.69) is 34.4 Å². The number of benzene rings is 1. The van der Waals surface area contributed by atoms with E-state index in [0.717, 1.165) is 29.0 Å². The molecule has 1 saturated heterocycles. The van der Waals surface area contributed by atoms with Crippen LogP contribution in [0.4, 0.5) is 5.82 Å². The minimum atomic E-state index is -5.59. The van der Waals surface area contributed by atoms with Gasteiger partial charge in [0.2, 0.25) is 11.8 Å². The molecule has 1 aliphatic rings. The van der Waals surface area contributed by atoms with Gasteiger partial charge in [0.15, 0.2) is 22.8 Å². The molecule has 334 valence electrons. The quantitative estimate of drug-likeness (QED) is 0.0477. The van der Waals surface area contributed by atoms with E-state index in [-0.39, 0.29) is 59.0 Å². The van der Waals surface area contributed by atoms with E-state index in [1.165, 1.54) is 19.9 Å². The van der Waals surface area contributed by atoms with Crippen molar-refractivity contribution in [3.8, 4) is 5.75 Å². The van der Waals surface area contributed by atoms with Crippen molar-refractivity contribution in [2.24, 2.45) is 11.3 Å². The van der Waals surface area contributed by atoms with Crippen LogP contribution < -0.4 is 16.4 Å². The highest BCUT2D eigenvalue weighted by Crippen LogP contribution is 2.61. The monoisotopic (exact) mass is 929 g/mol. The maximum Gasteiger partial charge on any atom is 0.481 e. The molecule has 0 spiro atoms. The average Bonchev–Trinajstić information content (AvgIpc) is 3.72. The number of aliphatic hydroxyl groups excluding tert-OH is 2. The van der Waals surface area contributed by atoms with Gasteiger partial charge in [-0.15, -0.1) is 0 Å². The van der Waals surface area contributed by atoms with E-state index in [1.54, 1.807) is 25.1 Å². The molecule has 4 rings (SSSR count). The number of phosphoric ester groups is 3. The number of aromatic hydroxyl groups is 1. The Kier molecular flexibility index (Phi) is 16.9. The van der Waals surface area contributed by atoms with Crippen molar-refractivity contribution in [3.63, 3.8) is 0 Å². The summed E-state index contributed by atoms with van der Waals surface area (Å²) in [6.07, 6.45) is -6.66. The SMILES string of the molecule is CC(Cc1ccccc1O)C(=O)SCCNC(=O)CCNC(=O)C(O)C(C)(C)COP(=O)(O)OP(=O)(O)OCC1OC(n2cnc3c(N)ncnc32)C(O)C1OP(=O)(O)O. The molecule has 29 heteroatoms. The number of phosphoric acid groups is 3. The van der Waals surface area contributed by atoms with Gasteiger partial charge in [-0.05, 0) is 18.1 Å². The third-order valence-electron chi connectivity index (χ3n) is 8.67. The second-order valence-electron chi connectivity index (χ2n) is 14.0. The van der Waals surface area contributed by atoms with Gasteiger partial charge in [0.1, 0.15) is 42.0 Å². The number of imidazole rings is 1. The fraction of sp³-hybridized carbons (Fsp3) is 0.548. The number of carbonyl (C=O) groups excluding carboxylic acids is 3. The molecule has 1 aromatic carbocycles. The van der Waals surface area contributed by atoms with Crippen molar-refractivity contribution in [1.82, 2.24) is 30.2 Å². The molecule has 8 unspecified atom stereocenters. The molecule has 8 atom stereocenters. The lowest BCUT2D eigenvalue weighted by molar-refractivity contribution is -0.137. The van der Waals surface area contributed by atoms with Crippen LogP contribution in [0.25, 0.3) is 11.2 Å². The number of amides is 2. The number of fused-ring (bicyclic) bond motifs is 1. The average molecular weight is 930 g/mol. The number of rotatable bonds is 22. The lowest BCUT2D eigenvalue weighted by Crippen LogP contribution is -2.46. The molecular formula is C31H46N7O18P3S. The zero-order chi connectivity index (χ0) is 44.6. The Morgan fingerprint density at radius 2 is 1.72 bits per heavy atom. The topological polar surface area (TPSA) is 384 Å². The number of phenols is 1. The summed E-state index contributed by atoms with van der Waals surface area (Å²) in [6.45, 7) is 2.10. The summed E-state index contributed by atoms with van der Waals surface area (Å²) in [5.41, 5.74) is 4.88. The first kappa shape index (κ1) is 49.2. The van der Waals surface area contributed by atoms with Crippen LogP contribution >= 0.6 is 35.2 Å². The van der Waals surface area contributed by atoms with Gasteiger partial charge in [-0.3, -0.25) is 32.5 Å². The van der Waals surface area contributed by atoms with E-state index in [9.17, 15) is 63.0 Å². The number of hydrogen-bond donors (Lipinski definition) is 10. The number of nitrogen functional groups attached to an aromatic ring is 1. The number of nitrogens with one attached hydrogen (secondary N) is 2. The lowest BCUT2D eigenvalue weighted by Gasteiger charge is -2.30. The second-order valence-corrected chi connectivity index (χ2v) is 19.3. The summed E-state index contributed by atoms with van der Waals surface area (Å²) in [5, 5.41) is 36.2. The number of phenolic OH excluding ortho intramolecular Hbond substituents is 1. The molecular weight excluding hydrogens is 883 g/mol. The maximum atomic E-state index is 12.7. The van der Waals surface area contributed by atoms with Crippen LogP contribution in [0.1, 0.15) is 39.0 Å². The summed E-state index contributed by atoms with van der Waals surface area (Å²) < 4.78 is 62.2. The summed E-state index contributed by atoms with van der Waals surface area (Å²) in [6, 6.07) is 6.70. The Morgan fingerprint density at radius 3 is 2.40 bits per heavy atom.